The number of carbonyl (C=O) groups is 1. The Kier molecular flexibility index (Phi) is 4.79. The van der Waals surface area contributed by atoms with Crippen molar-refractivity contribution < 1.29 is 4.79 Å². The number of aromatic nitrogens is 1. The highest BCUT2D eigenvalue weighted by Gasteiger charge is 2.17. The van der Waals surface area contributed by atoms with E-state index in [2.05, 4.69) is 16.8 Å². The molecule has 108 valence electrons. The van der Waals surface area contributed by atoms with Crippen LogP contribution < -0.4 is 0 Å². The van der Waals surface area contributed by atoms with Crippen LogP contribution in [0.15, 0.2) is 30.5 Å². The molecule has 0 aliphatic carbocycles. The van der Waals surface area contributed by atoms with Crippen molar-refractivity contribution in [1.82, 2.24) is 14.8 Å². The second-order valence-corrected chi connectivity index (χ2v) is 5.34. The van der Waals surface area contributed by atoms with Crippen LogP contribution in [0.5, 0.6) is 0 Å². The largest absolute Gasteiger partial charge is 0.361 e. The van der Waals surface area contributed by atoms with Gasteiger partial charge in [-0.15, -0.1) is 0 Å². The van der Waals surface area contributed by atoms with Gasteiger partial charge in [-0.3, -0.25) is 4.79 Å². The van der Waals surface area contributed by atoms with Crippen LogP contribution in [0, 0.1) is 0 Å². The van der Waals surface area contributed by atoms with Gasteiger partial charge in [0.15, 0.2) is 0 Å². The van der Waals surface area contributed by atoms with E-state index in [0.29, 0.717) is 0 Å². The van der Waals surface area contributed by atoms with E-state index in [1.165, 1.54) is 0 Å². The lowest BCUT2D eigenvalue weighted by atomic mass is 10.1. The quantitative estimate of drug-likeness (QED) is 0.878. The van der Waals surface area contributed by atoms with Gasteiger partial charge >= 0.3 is 0 Å². The third-order valence-corrected chi connectivity index (χ3v) is 3.42. The molecule has 0 aliphatic rings. The minimum atomic E-state index is 0.113. The lowest BCUT2D eigenvalue weighted by Crippen LogP contribution is -2.37. The number of aromatic amines is 1. The molecule has 0 saturated carbocycles. The maximum atomic E-state index is 12.7. The number of carbonyl (C=O) groups excluding carboxylic acids is 1. The number of H-pyrrole nitrogens is 1. The Morgan fingerprint density at radius 1 is 1.15 bits per heavy atom. The van der Waals surface area contributed by atoms with Crippen molar-refractivity contribution in [3.63, 3.8) is 0 Å². The Bertz CT molecular complexity index is 574. The average molecular weight is 273 g/mol. The van der Waals surface area contributed by atoms with Gasteiger partial charge in [-0.2, -0.15) is 0 Å². The van der Waals surface area contributed by atoms with Gasteiger partial charge in [0.05, 0.1) is 11.1 Å². The van der Waals surface area contributed by atoms with Crippen molar-refractivity contribution in [3.05, 3.63) is 36.0 Å². The molecule has 0 atom stereocenters. The molecule has 0 fully saturated rings. The monoisotopic (exact) mass is 273 g/mol. The van der Waals surface area contributed by atoms with Crippen LogP contribution in [0.1, 0.15) is 23.7 Å². The van der Waals surface area contributed by atoms with Crippen LogP contribution in [0.4, 0.5) is 0 Å². The van der Waals surface area contributed by atoms with E-state index < -0.39 is 0 Å². The summed E-state index contributed by atoms with van der Waals surface area (Å²) in [5.74, 6) is 0.113. The number of nitrogens with zero attached hydrogens (tertiary/aromatic N) is 2. The van der Waals surface area contributed by atoms with Crippen molar-refractivity contribution in [2.45, 2.75) is 13.3 Å². The second-order valence-electron chi connectivity index (χ2n) is 5.34. The number of rotatable bonds is 6. The molecule has 1 amide bonds. The Labute approximate surface area is 120 Å². The second kappa shape index (κ2) is 6.57. The van der Waals surface area contributed by atoms with E-state index in [1.54, 1.807) is 0 Å². The van der Waals surface area contributed by atoms with Gasteiger partial charge in [-0.25, -0.2) is 0 Å². The van der Waals surface area contributed by atoms with E-state index in [-0.39, 0.29) is 5.91 Å². The van der Waals surface area contributed by atoms with Gasteiger partial charge in [-0.05, 0) is 32.6 Å². The van der Waals surface area contributed by atoms with Crippen LogP contribution in [-0.4, -0.2) is 54.4 Å². The van der Waals surface area contributed by atoms with Crippen molar-refractivity contribution >= 4 is 16.8 Å². The van der Waals surface area contributed by atoms with Crippen molar-refractivity contribution in [3.8, 4) is 0 Å². The smallest absolute Gasteiger partial charge is 0.256 e. The Hall–Kier alpha value is -1.81. The van der Waals surface area contributed by atoms with Crippen LogP contribution in [-0.2, 0) is 0 Å². The first-order valence-electron chi connectivity index (χ1n) is 7.13. The van der Waals surface area contributed by atoms with E-state index in [4.69, 9.17) is 0 Å². The zero-order valence-electron chi connectivity index (χ0n) is 12.5. The minimum Gasteiger partial charge on any atom is -0.361 e. The fourth-order valence-electron chi connectivity index (χ4n) is 2.34. The Morgan fingerprint density at radius 3 is 2.65 bits per heavy atom. The summed E-state index contributed by atoms with van der Waals surface area (Å²) >= 11 is 0. The first-order valence-corrected chi connectivity index (χ1v) is 7.13. The summed E-state index contributed by atoms with van der Waals surface area (Å²) in [6, 6.07) is 7.86. The standard InChI is InChI=1S/C16H23N3O/c1-4-10-19(12-11-18(2)3)16(20)14-7-5-6-13-8-9-17-15(13)14/h5-9,17H,4,10-12H2,1-3H3. The summed E-state index contributed by atoms with van der Waals surface area (Å²) in [7, 11) is 4.06. The number of amides is 1. The van der Waals surface area contributed by atoms with Gasteiger partial charge in [0.2, 0.25) is 0 Å². The number of nitrogens with one attached hydrogen (secondary N) is 1. The van der Waals surface area contributed by atoms with Gasteiger partial charge in [-0.1, -0.05) is 19.1 Å². The van der Waals surface area contributed by atoms with E-state index in [1.807, 2.05) is 49.5 Å². The highest BCUT2D eigenvalue weighted by atomic mass is 16.2. The van der Waals surface area contributed by atoms with Crippen LogP contribution in [0.2, 0.25) is 0 Å². The maximum absolute atomic E-state index is 12.7. The van der Waals surface area contributed by atoms with Crippen molar-refractivity contribution in [2.75, 3.05) is 33.7 Å². The molecule has 0 radical (unpaired) electrons. The first-order chi connectivity index (χ1) is 9.63. The molecule has 0 bridgehead atoms. The summed E-state index contributed by atoms with van der Waals surface area (Å²) < 4.78 is 0. The number of benzene rings is 1. The molecule has 0 spiro atoms. The maximum Gasteiger partial charge on any atom is 0.256 e. The van der Waals surface area contributed by atoms with Crippen molar-refractivity contribution in [2.24, 2.45) is 0 Å². The normalized spacial score (nSPS) is 11.2. The molecular weight excluding hydrogens is 250 g/mol. The van der Waals surface area contributed by atoms with Crippen LogP contribution >= 0.6 is 0 Å². The summed E-state index contributed by atoms with van der Waals surface area (Å²) in [6.45, 7) is 4.54. The van der Waals surface area contributed by atoms with Gasteiger partial charge < -0.3 is 14.8 Å². The highest BCUT2D eigenvalue weighted by Crippen LogP contribution is 2.18. The average Bonchev–Trinajstić information content (AvgIpc) is 2.90. The summed E-state index contributed by atoms with van der Waals surface area (Å²) in [5.41, 5.74) is 1.70. The zero-order valence-corrected chi connectivity index (χ0v) is 12.5. The molecule has 2 rings (SSSR count). The first kappa shape index (κ1) is 14.6. The third kappa shape index (κ3) is 3.20. The topological polar surface area (TPSA) is 39.3 Å². The molecule has 2 aromatic rings. The molecule has 0 saturated heterocycles. The molecular formula is C16H23N3O. The molecule has 0 unspecified atom stereocenters. The molecule has 1 heterocycles. The van der Waals surface area contributed by atoms with Gasteiger partial charge in [0.1, 0.15) is 0 Å². The lowest BCUT2D eigenvalue weighted by Gasteiger charge is -2.24. The van der Waals surface area contributed by atoms with Crippen LogP contribution in [0.3, 0.4) is 0 Å². The lowest BCUT2D eigenvalue weighted by molar-refractivity contribution is 0.0747. The molecule has 0 aliphatic heterocycles. The minimum absolute atomic E-state index is 0.113. The number of hydrogen-bond donors (Lipinski definition) is 1. The fourth-order valence-corrected chi connectivity index (χ4v) is 2.34. The summed E-state index contributed by atoms with van der Waals surface area (Å²) in [6.07, 6.45) is 2.85. The van der Waals surface area contributed by atoms with Crippen molar-refractivity contribution in [1.29, 1.82) is 0 Å². The molecule has 1 aromatic carbocycles. The highest BCUT2D eigenvalue weighted by molar-refractivity contribution is 6.05. The Morgan fingerprint density at radius 2 is 1.95 bits per heavy atom. The van der Waals surface area contributed by atoms with E-state index in [0.717, 1.165) is 42.5 Å². The number of likely N-dealkylation sites (N-methyl/N-ethyl adjacent to an activating group) is 1. The predicted octanol–water partition coefficient (Wildman–Crippen LogP) is 2.58. The summed E-state index contributed by atoms with van der Waals surface area (Å²) in [4.78, 5) is 20.0. The molecule has 4 nitrogen and oxygen atoms in total. The molecule has 1 aromatic heterocycles. The number of hydrogen-bond acceptors (Lipinski definition) is 2. The summed E-state index contributed by atoms with van der Waals surface area (Å²) in [5, 5.41) is 1.08. The van der Waals surface area contributed by atoms with Gasteiger partial charge in [0.25, 0.3) is 5.91 Å². The zero-order chi connectivity index (χ0) is 14.5. The molecule has 1 N–H and O–H groups in total. The van der Waals surface area contributed by atoms with E-state index >= 15 is 0 Å². The molecule has 4 heteroatoms. The van der Waals surface area contributed by atoms with E-state index in [9.17, 15) is 4.79 Å². The number of para-hydroxylation sites is 1. The van der Waals surface area contributed by atoms with Crippen LogP contribution in [0.25, 0.3) is 10.9 Å². The SMILES string of the molecule is CCCN(CCN(C)C)C(=O)c1cccc2cc[nH]c12. The molecule has 20 heavy (non-hydrogen) atoms. The van der Waals surface area contributed by atoms with Gasteiger partial charge in [0, 0.05) is 31.2 Å². The number of fused-ring (bicyclic) bond motifs is 1. The Balaban J connectivity index is 2.24. The third-order valence-electron chi connectivity index (χ3n) is 3.42. The predicted molar refractivity (Wildman–Crippen MR) is 83.0 cm³/mol. The fraction of sp³-hybridized carbons (Fsp3) is 0.438.